The molecule has 3 aromatic carbocycles. The number of aliphatic hydroxyl groups is 1. The van der Waals surface area contributed by atoms with Crippen LogP contribution in [0, 0.1) is 0 Å². The number of ether oxygens (including phenoxy) is 5. The van der Waals surface area contributed by atoms with Crippen molar-refractivity contribution in [2.75, 3.05) is 26.9 Å². The number of hydrogen-bond acceptors (Lipinski definition) is 10. The van der Waals surface area contributed by atoms with Crippen LogP contribution in [0.2, 0.25) is 5.02 Å². The smallest absolute Gasteiger partial charge is 0.337 e. The molecule has 3 aromatic rings. The Morgan fingerprint density at radius 2 is 1.80 bits per heavy atom. The Morgan fingerprint density at radius 1 is 1.04 bits per heavy atom. The van der Waals surface area contributed by atoms with Crippen LogP contribution in [0.3, 0.4) is 0 Å². The summed E-state index contributed by atoms with van der Waals surface area (Å²) in [6, 6.07) is 15.0. The second-order valence-electron chi connectivity index (χ2n) is 10.7. The molecular weight excluding hydrogens is 652 g/mol. The van der Waals surface area contributed by atoms with Crippen LogP contribution in [0.5, 0.6) is 23.0 Å². The highest BCUT2D eigenvalue weighted by atomic mass is 35.5. The van der Waals surface area contributed by atoms with Crippen LogP contribution in [0.15, 0.2) is 83.6 Å². The number of carbonyl (C=O) groups excluding carboxylic acids is 2. The molecule has 12 nitrogen and oxygen atoms in total. The Balaban J connectivity index is 1.44. The van der Waals surface area contributed by atoms with Crippen molar-refractivity contribution in [3.63, 3.8) is 0 Å². The van der Waals surface area contributed by atoms with Gasteiger partial charge in [-0.05, 0) is 68.7 Å². The van der Waals surface area contributed by atoms with Crippen LogP contribution < -0.4 is 35.0 Å². The number of methoxy groups -OCH3 is 1. The van der Waals surface area contributed by atoms with Crippen molar-refractivity contribution in [2.24, 2.45) is 5.10 Å². The zero-order chi connectivity index (χ0) is 35.3. The molecule has 2 amide bonds. The average Bonchev–Trinajstić information content (AvgIpc) is 3.08. The van der Waals surface area contributed by atoms with Crippen LogP contribution in [-0.4, -0.2) is 56.5 Å². The highest BCUT2D eigenvalue weighted by molar-refractivity contribution is 6.31. The number of carbonyl (C=O) groups is 2. The number of esters is 1. The minimum Gasteiger partial charge on any atom is -0.490 e. The Kier molecular flexibility index (Phi) is 13.3. The first-order valence-electron chi connectivity index (χ1n) is 15.7. The molecule has 0 spiro atoms. The summed E-state index contributed by atoms with van der Waals surface area (Å²) in [5, 5.41) is 20.8. The molecule has 0 fully saturated rings. The number of allylic oxidation sites excluding steroid dienone is 2. The lowest BCUT2D eigenvalue weighted by Crippen LogP contribution is -2.45. The molecule has 0 saturated heterocycles. The largest absolute Gasteiger partial charge is 0.490 e. The second kappa shape index (κ2) is 17.8. The number of aliphatic hydroxyl groups excluding tert-OH is 1. The molecule has 49 heavy (non-hydrogen) atoms. The van der Waals surface area contributed by atoms with Crippen molar-refractivity contribution in [3.8, 4) is 23.0 Å². The van der Waals surface area contributed by atoms with Crippen molar-refractivity contribution >= 4 is 29.8 Å². The van der Waals surface area contributed by atoms with Gasteiger partial charge in [0.05, 0.1) is 38.2 Å². The van der Waals surface area contributed by atoms with E-state index in [2.05, 4.69) is 27.7 Å². The third-order valence-corrected chi connectivity index (χ3v) is 7.63. The Bertz CT molecular complexity index is 1710. The average molecular weight is 693 g/mol. The van der Waals surface area contributed by atoms with Gasteiger partial charge in [-0.15, -0.1) is 6.58 Å². The summed E-state index contributed by atoms with van der Waals surface area (Å²) in [7, 11) is 1.27. The minimum atomic E-state index is -1.18. The molecular formula is C36H41ClN4O8. The van der Waals surface area contributed by atoms with Crippen molar-refractivity contribution in [1.29, 1.82) is 0 Å². The number of halogens is 1. The summed E-state index contributed by atoms with van der Waals surface area (Å²) in [6.07, 6.45) is 2.67. The van der Waals surface area contributed by atoms with E-state index in [1.807, 2.05) is 44.2 Å². The van der Waals surface area contributed by atoms with Gasteiger partial charge >= 0.3 is 12.0 Å². The third-order valence-electron chi connectivity index (χ3n) is 7.26. The number of amides is 2. The first-order valence-corrected chi connectivity index (χ1v) is 16.1. The van der Waals surface area contributed by atoms with E-state index < -0.39 is 24.3 Å². The van der Waals surface area contributed by atoms with E-state index in [0.717, 1.165) is 11.1 Å². The van der Waals surface area contributed by atoms with Crippen molar-refractivity contribution in [2.45, 2.75) is 46.1 Å². The number of rotatable bonds is 17. The number of urea groups is 1. The molecule has 13 heteroatoms. The van der Waals surface area contributed by atoms with Crippen molar-refractivity contribution < 1.29 is 38.4 Å². The fourth-order valence-corrected chi connectivity index (χ4v) is 5.27. The van der Waals surface area contributed by atoms with Crippen molar-refractivity contribution in [1.82, 2.24) is 16.1 Å². The molecule has 0 radical (unpaired) electrons. The maximum absolute atomic E-state index is 12.5. The van der Waals surface area contributed by atoms with Gasteiger partial charge in [0.2, 0.25) is 0 Å². The maximum atomic E-state index is 12.5. The van der Waals surface area contributed by atoms with Gasteiger partial charge in [0.25, 0.3) is 0 Å². The van der Waals surface area contributed by atoms with Crippen LogP contribution >= 0.6 is 11.6 Å². The van der Waals surface area contributed by atoms with E-state index in [9.17, 15) is 14.7 Å². The Morgan fingerprint density at radius 3 is 2.51 bits per heavy atom. The first-order chi connectivity index (χ1) is 23.7. The van der Waals surface area contributed by atoms with Gasteiger partial charge in [0.1, 0.15) is 13.2 Å². The summed E-state index contributed by atoms with van der Waals surface area (Å²) in [4.78, 5) is 24.7. The fraction of sp³-hybridized carbons (Fsp3) is 0.306. The van der Waals surface area contributed by atoms with Gasteiger partial charge in [-0.3, -0.25) is 5.43 Å². The molecule has 1 aliphatic rings. The number of benzene rings is 3. The summed E-state index contributed by atoms with van der Waals surface area (Å²) < 4.78 is 28.7. The summed E-state index contributed by atoms with van der Waals surface area (Å²) in [6.45, 7) is 10.0. The molecule has 4 N–H and O–H groups in total. The summed E-state index contributed by atoms with van der Waals surface area (Å²) in [5.74, 6) is 1.26. The molecule has 1 heterocycles. The molecule has 2 atom stereocenters. The van der Waals surface area contributed by atoms with Gasteiger partial charge in [-0.2, -0.15) is 5.10 Å². The minimum absolute atomic E-state index is 0.173. The lowest BCUT2D eigenvalue weighted by atomic mass is 9.95. The van der Waals surface area contributed by atoms with Gasteiger partial charge in [-0.25, -0.2) is 9.59 Å². The van der Waals surface area contributed by atoms with E-state index in [4.69, 9.17) is 35.3 Å². The molecule has 0 aromatic heterocycles. The number of nitrogens with zero attached hydrogens (tertiary/aromatic N) is 1. The van der Waals surface area contributed by atoms with E-state index in [0.29, 0.717) is 64.5 Å². The third kappa shape index (κ3) is 9.68. The summed E-state index contributed by atoms with van der Waals surface area (Å²) >= 11 is 6.33. The standard InChI is InChI=1S/C36H41ClN4O8/c1-6-11-25-16-23(17-30(47-8-3)34(25)49-20-26-12-9-10-13-27(26)37)19-38-41-31(42)21-48-28-15-14-24(18-29(28)46-7-2)33-32(35(43)45-5)22(4)39-36(44)40-33/h6,9-10,12-19,31,33,41-42H,1,7-8,11,20-21H2,2-5H3,(H2,39,40,44)/b38-19-/t31-,33-/m0/s1. The normalized spacial score (nSPS) is 14.8. The number of nitrogens with one attached hydrogen (secondary N) is 3. The molecule has 0 unspecified atom stereocenters. The zero-order valence-corrected chi connectivity index (χ0v) is 28.6. The number of hydrogen-bond donors (Lipinski definition) is 4. The molecule has 0 saturated carbocycles. The molecule has 0 bridgehead atoms. The quantitative estimate of drug-likeness (QED) is 0.0469. The highest BCUT2D eigenvalue weighted by Gasteiger charge is 2.32. The fourth-order valence-electron chi connectivity index (χ4n) is 5.08. The second-order valence-corrected chi connectivity index (χ2v) is 11.1. The van der Waals surface area contributed by atoms with Crippen LogP contribution in [0.1, 0.15) is 49.1 Å². The lowest BCUT2D eigenvalue weighted by Gasteiger charge is -2.28. The van der Waals surface area contributed by atoms with Crippen LogP contribution in [0.4, 0.5) is 4.79 Å². The maximum Gasteiger partial charge on any atom is 0.337 e. The monoisotopic (exact) mass is 692 g/mol. The van der Waals surface area contributed by atoms with Gasteiger partial charge in [0, 0.05) is 21.8 Å². The number of hydrazone groups is 1. The van der Waals surface area contributed by atoms with Gasteiger partial charge < -0.3 is 39.4 Å². The highest BCUT2D eigenvalue weighted by Crippen LogP contribution is 2.36. The molecule has 0 aliphatic carbocycles. The predicted molar refractivity (Wildman–Crippen MR) is 186 cm³/mol. The Labute approximate surface area is 290 Å². The SMILES string of the molecule is C=CCc1cc(/C=N\N[C@@H](O)COc2ccc([C@@H]3NC(=O)NC(C)=C3C(=O)OC)cc2OCC)cc(OCC)c1OCc1ccccc1Cl. The predicted octanol–water partition coefficient (Wildman–Crippen LogP) is 5.57. The van der Waals surface area contributed by atoms with Gasteiger partial charge in [0.15, 0.2) is 29.2 Å². The first kappa shape index (κ1) is 36.6. The van der Waals surface area contributed by atoms with E-state index in [1.54, 1.807) is 43.5 Å². The van der Waals surface area contributed by atoms with Crippen LogP contribution in [-0.2, 0) is 22.6 Å². The van der Waals surface area contributed by atoms with E-state index in [1.165, 1.54) is 7.11 Å². The lowest BCUT2D eigenvalue weighted by molar-refractivity contribution is -0.136. The topological polar surface area (TPSA) is 149 Å². The Hall–Kier alpha value is -5.20. The summed E-state index contributed by atoms with van der Waals surface area (Å²) in [5.41, 5.74) is 6.30. The van der Waals surface area contributed by atoms with Crippen LogP contribution in [0.25, 0.3) is 0 Å². The van der Waals surface area contributed by atoms with E-state index in [-0.39, 0.29) is 18.8 Å². The van der Waals surface area contributed by atoms with E-state index >= 15 is 0 Å². The zero-order valence-electron chi connectivity index (χ0n) is 27.9. The van der Waals surface area contributed by atoms with Crippen molar-refractivity contribution in [3.05, 3.63) is 106 Å². The molecule has 260 valence electrons. The van der Waals surface area contributed by atoms with Gasteiger partial charge in [-0.1, -0.05) is 41.9 Å². The molecule has 4 rings (SSSR count). The molecule has 1 aliphatic heterocycles.